The van der Waals surface area contributed by atoms with Gasteiger partial charge in [0.25, 0.3) is 0 Å². The Labute approximate surface area is 106 Å². The maximum absolute atomic E-state index is 11.2. The number of rotatable bonds is 6. The minimum absolute atomic E-state index is 0.0571. The highest BCUT2D eigenvalue weighted by molar-refractivity contribution is 5.91. The molecule has 6 heteroatoms. The van der Waals surface area contributed by atoms with Crippen LogP contribution in [0, 0.1) is 5.92 Å². The van der Waals surface area contributed by atoms with Crippen LogP contribution in [-0.4, -0.2) is 37.6 Å². The minimum Gasteiger partial charge on any atom is -0.466 e. The van der Waals surface area contributed by atoms with Crippen molar-refractivity contribution in [3.05, 3.63) is 12.2 Å². The van der Waals surface area contributed by atoms with Crippen LogP contribution in [0.1, 0.15) is 20.8 Å². The molecule has 18 heavy (non-hydrogen) atoms. The molecule has 1 amide bonds. The Kier molecular flexibility index (Phi) is 7.42. The average Bonchev–Trinajstić information content (AvgIpc) is 2.30. The number of methoxy groups -OCH3 is 1. The number of nitrogens with one attached hydrogen (secondary N) is 1. The van der Waals surface area contributed by atoms with E-state index in [1.165, 1.54) is 14.0 Å². The van der Waals surface area contributed by atoms with E-state index < -0.39 is 11.9 Å². The predicted molar refractivity (Wildman–Crippen MR) is 64.6 cm³/mol. The van der Waals surface area contributed by atoms with Crippen molar-refractivity contribution in [3.8, 4) is 0 Å². The number of carbonyl (C=O) groups excluding carboxylic acids is 3. The number of esters is 2. The molecule has 0 radical (unpaired) electrons. The molecular formula is C12H19NO5. The van der Waals surface area contributed by atoms with Gasteiger partial charge >= 0.3 is 11.9 Å². The van der Waals surface area contributed by atoms with E-state index in [0.29, 0.717) is 0 Å². The average molecular weight is 257 g/mol. The molecule has 0 bridgehead atoms. The van der Waals surface area contributed by atoms with Gasteiger partial charge in [-0.2, -0.15) is 0 Å². The van der Waals surface area contributed by atoms with Crippen molar-refractivity contribution in [2.24, 2.45) is 5.92 Å². The Morgan fingerprint density at radius 3 is 2.17 bits per heavy atom. The van der Waals surface area contributed by atoms with Crippen molar-refractivity contribution in [2.75, 3.05) is 13.7 Å². The molecule has 0 heterocycles. The van der Waals surface area contributed by atoms with E-state index in [1.807, 2.05) is 13.8 Å². The van der Waals surface area contributed by atoms with E-state index in [-0.39, 0.29) is 24.5 Å². The smallest absolute Gasteiger partial charge is 0.331 e. The molecule has 0 rings (SSSR count). The van der Waals surface area contributed by atoms with Crippen LogP contribution in [0.2, 0.25) is 0 Å². The van der Waals surface area contributed by atoms with Crippen LogP contribution in [0.15, 0.2) is 12.2 Å². The van der Waals surface area contributed by atoms with Gasteiger partial charge in [-0.25, -0.2) is 9.59 Å². The molecule has 0 aromatic carbocycles. The van der Waals surface area contributed by atoms with Gasteiger partial charge in [0.15, 0.2) is 0 Å². The van der Waals surface area contributed by atoms with Crippen molar-refractivity contribution in [1.29, 1.82) is 0 Å². The SMILES string of the molecule is COC(=O)/C=C/C(=O)OCC(NC(C)=O)C(C)C. The summed E-state index contributed by atoms with van der Waals surface area (Å²) < 4.78 is 9.24. The molecule has 0 aliphatic heterocycles. The fraction of sp³-hybridized carbons (Fsp3) is 0.583. The third-order valence-electron chi connectivity index (χ3n) is 2.16. The number of hydrogen-bond acceptors (Lipinski definition) is 5. The fourth-order valence-electron chi connectivity index (χ4n) is 1.09. The van der Waals surface area contributed by atoms with Gasteiger partial charge in [0, 0.05) is 19.1 Å². The fourth-order valence-corrected chi connectivity index (χ4v) is 1.09. The summed E-state index contributed by atoms with van der Waals surface area (Å²) >= 11 is 0. The van der Waals surface area contributed by atoms with E-state index >= 15 is 0 Å². The summed E-state index contributed by atoms with van der Waals surface area (Å²) in [6.45, 7) is 5.26. The van der Waals surface area contributed by atoms with Crippen molar-refractivity contribution >= 4 is 17.8 Å². The molecule has 1 unspecified atom stereocenters. The summed E-state index contributed by atoms with van der Waals surface area (Å²) in [4.78, 5) is 32.9. The lowest BCUT2D eigenvalue weighted by molar-refractivity contribution is -0.140. The molecule has 0 fully saturated rings. The van der Waals surface area contributed by atoms with E-state index in [1.54, 1.807) is 0 Å². The lowest BCUT2D eigenvalue weighted by Crippen LogP contribution is -2.41. The molecule has 0 aliphatic rings. The molecule has 1 atom stereocenters. The van der Waals surface area contributed by atoms with Crippen molar-refractivity contribution in [1.82, 2.24) is 5.32 Å². The first-order valence-corrected chi connectivity index (χ1v) is 5.56. The molecular weight excluding hydrogens is 238 g/mol. The van der Waals surface area contributed by atoms with E-state index in [2.05, 4.69) is 10.1 Å². The van der Waals surface area contributed by atoms with Crippen LogP contribution in [0.5, 0.6) is 0 Å². The van der Waals surface area contributed by atoms with Crippen molar-refractivity contribution in [2.45, 2.75) is 26.8 Å². The Morgan fingerprint density at radius 1 is 1.17 bits per heavy atom. The highest BCUT2D eigenvalue weighted by atomic mass is 16.5. The van der Waals surface area contributed by atoms with E-state index in [4.69, 9.17) is 4.74 Å². The standard InChI is InChI=1S/C12H19NO5/c1-8(2)10(13-9(3)14)7-18-12(16)6-5-11(15)17-4/h5-6,8,10H,7H2,1-4H3,(H,13,14)/b6-5+. The normalized spacial score (nSPS) is 12.3. The first-order valence-electron chi connectivity index (χ1n) is 5.56. The summed E-state index contributed by atoms with van der Waals surface area (Å²) in [5, 5.41) is 2.68. The van der Waals surface area contributed by atoms with E-state index in [0.717, 1.165) is 12.2 Å². The quantitative estimate of drug-likeness (QED) is 0.551. The Hall–Kier alpha value is -1.85. The number of amides is 1. The van der Waals surface area contributed by atoms with Crippen LogP contribution in [0.4, 0.5) is 0 Å². The monoisotopic (exact) mass is 257 g/mol. The maximum Gasteiger partial charge on any atom is 0.331 e. The van der Waals surface area contributed by atoms with Crippen LogP contribution in [0.25, 0.3) is 0 Å². The summed E-state index contributed by atoms with van der Waals surface area (Å²) in [6, 6.07) is -0.252. The van der Waals surface area contributed by atoms with Gasteiger partial charge in [-0.15, -0.1) is 0 Å². The van der Waals surface area contributed by atoms with Crippen LogP contribution >= 0.6 is 0 Å². The van der Waals surface area contributed by atoms with Crippen LogP contribution in [-0.2, 0) is 23.9 Å². The molecule has 0 saturated heterocycles. The first-order chi connectivity index (χ1) is 8.36. The highest BCUT2D eigenvalue weighted by Gasteiger charge is 2.16. The zero-order chi connectivity index (χ0) is 14.1. The predicted octanol–water partition coefficient (Wildman–Crippen LogP) is 0.419. The lowest BCUT2D eigenvalue weighted by atomic mass is 10.1. The molecule has 0 aliphatic carbocycles. The Bertz CT molecular complexity index is 335. The Balaban J connectivity index is 4.19. The largest absolute Gasteiger partial charge is 0.466 e. The van der Waals surface area contributed by atoms with Gasteiger partial charge in [0.05, 0.1) is 13.2 Å². The molecule has 1 N–H and O–H groups in total. The number of hydrogen-bond donors (Lipinski definition) is 1. The van der Waals surface area contributed by atoms with E-state index in [9.17, 15) is 14.4 Å². The summed E-state index contributed by atoms with van der Waals surface area (Å²) in [7, 11) is 1.21. The van der Waals surface area contributed by atoms with Gasteiger partial charge in [-0.05, 0) is 5.92 Å². The van der Waals surface area contributed by atoms with Gasteiger partial charge in [-0.1, -0.05) is 13.8 Å². The van der Waals surface area contributed by atoms with Crippen molar-refractivity contribution < 1.29 is 23.9 Å². The lowest BCUT2D eigenvalue weighted by Gasteiger charge is -2.20. The first kappa shape index (κ1) is 16.1. The van der Waals surface area contributed by atoms with Crippen molar-refractivity contribution in [3.63, 3.8) is 0 Å². The second kappa shape index (κ2) is 8.27. The number of carbonyl (C=O) groups is 3. The molecule has 0 spiro atoms. The van der Waals surface area contributed by atoms with Crippen LogP contribution in [0.3, 0.4) is 0 Å². The van der Waals surface area contributed by atoms with Crippen LogP contribution < -0.4 is 5.32 Å². The second-order valence-electron chi connectivity index (χ2n) is 4.04. The molecule has 0 aromatic heterocycles. The van der Waals surface area contributed by atoms with Gasteiger partial charge in [0.2, 0.25) is 5.91 Å². The maximum atomic E-state index is 11.2. The third kappa shape index (κ3) is 7.43. The zero-order valence-corrected chi connectivity index (χ0v) is 11.1. The third-order valence-corrected chi connectivity index (χ3v) is 2.16. The summed E-state index contributed by atoms with van der Waals surface area (Å²) in [5.41, 5.74) is 0. The zero-order valence-electron chi connectivity index (χ0n) is 11.1. The Morgan fingerprint density at radius 2 is 1.72 bits per heavy atom. The summed E-state index contributed by atoms with van der Waals surface area (Å²) in [6.07, 6.45) is 1.96. The van der Waals surface area contributed by atoms with Gasteiger partial charge in [0.1, 0.15) is 6.61 Å². The number of ether oxygens (including phenoxy) is 2. The highest BCUT2D eigenvalue weighted by Crippen LogP contribution is 2.02. The molecule has 6 nitrogen and oxygen atoms in total. The van der Waals surface area contributed by atoms with Gasteiger partial charge < -0.3 is 14.8 Å². The second-order valence-corrected chi connectivity index (χ2v) is 4.04. The molecule has 0 saturated carbocycles. The topological polar surface area (TPSA) is 81.7 Å². The molecule has 0 aromatic rings. The van der Waals surface area contributed by atoms with Gasteiger partial charge in [-0.3, -0.25) is 4.79 Å². The summed E-state index contributed by atoms with van der Waals surface area (Å²) in [5.74, 6) is -1.34. The minimum atomic E-state index is -0.656. The molecule has 102 valence electrons.